The quantitative estimate of drug-likeness (QED) is 0.378. The number of anilines is 1. The number of benzene rings is 2. The van der Waals surface area contributed by atoms with Crippen LogP contribution in [0.4, 0.5) is 10.1 Å². The van der Waals surface area contributed by atoms with Gasteiger partial charge in [-0.25, -0.2) is 4.39 Å². The molecule has 1 N–H and O–H groups in total. The maximum atomic E-state index is 13.8. The molecule has 0 unspecified atom stereocenters. The summed E-state index contributed by atoms with van der Waals surface area (Å²) in [5.41, 5.74) is 3.11. The molecule has 0 aliphatic heterocycles. The number of hydrogen-bond acceptors (Lipinski definition) is 2. The number of pyridine rings is 1. The normalized spacial score (nSPS) is 20.0. The van der Waals surface area contributed by atoms with Crippen LogP contribution in [0.25, 0.3) is 10.9 Å². The third kappa shape index (κ3) is 4.76. The van der Waals surface area contributed by atoms with E-state index in [1.165, 1.54) is 11.6 Å². The van der Waals surface area contributed by atoms with E-state index in [0.29, 0.717) is 11.8 Å². The van der Waals surface area contributed by atoms with Crippen molar-refractivity contribution in [2.45, 2.75) is 38.0 Å². The van der Waals surface area contributed by atoms with Gasteiger partial charge >= 0.3 is 0 Å². The van der Waals surface area contributed by atoms with E-state index in [9.17, 15) is 4.39 Å². The molecular weight excluding hydrogens is 385 g/mol. The number of nitrogens with zero attached hydrogens (tertiary/aromatic N) is 2. The highest BCUT2D eigenvalue weighted by molar-refractivity contribution is 6.30. The second kappa shape index (κ2) is 8.91. The highest BCUT2D eigenvalue weighted by atomic mass is 35.5. The molecule has 1 aromatic heterocycles. The van der Waals surface area contributed by atoms with Gasteiger partial charge in [-0.3, -0.25) is 9.98 Å². The highest BCUT2D eigenvalue weighted by Crippen LogP contribution is 2.39. The molecule has 150 valence electrons. The Morgan fingerprint density at radius 3 is 2.59 bits per heavy atom. The summed E-state index contributed by atoms with van der Waals surface area (Å²) < 4.78 is 13.8. The van der Waals surface area contributed by atoms with Crippen molar-refractivity contribution in [1.29, 1.82) is 0 Å². The molecule has 1 fully saturated rings. The lowest BCUT2D eigenvalue weighted by molar-refractivity contribution is 0.334. The first-order valence-electron chi connectivity index (χ1n) is 10.1. The number of amidine groups is 1. The topological polar surface area (TPSA) is 37.3 Å². The van der Waals surface area contributed by atoms with E-state index in [1.807, 2.05) is 37.5 Å². The molecule has 1 heterocycles. The van der Waals surface area contributed by atoms with Crippen LogP contribution < -0.4 is 5.32 Å². The summed E-state index contributed by atoms with van der Waals surface area (Å²) in [5, 5.41) is 5.10. The summed E-state index contributed by atoms with van der Waals surface area (Å²) in [5.74, 6) is 1.88. The number of rotatable bonds is 4. The van der Waals surface area contributed by atoms with Crippen LogP contribution in [0.2, 0.25) is 5.02 Å². The van der Waals surface area contributed by atoms with Crippen molar-refractivity contribution in [3.05, 3.63) is 71.1 Å². The summed E-state index contributed by atoms with van der Waals surface area (Å²) in [6.45, 7) is 0. The van der Waals surface area contributed by atoms with Gasteiger partial charge in [-0.1, -0.05) is 11.6 Å². The maximum absolute atomic E-state index is 13.8. The van der Waals surface area contributed by atoms with Crippen molar-refractivity contribution in [2.75, 3.05) is 12.4 Å². The van der Waals surface area contributed by atoms with Crippen LogP contribution in [0.15, 0.2) is 59.7 Å². The van der Waals surface area contributed by atoms with Crippen LogP contribution >= 0.6 is 11.6 Å². The molecule has 1 aliphatic carbocycles. The number of aliphatic imine (C=N–C) groups is 1. The molecule has 0 atom stereocenters. The molecule has 3 nitrogen and oxygen atoms in total. The predicted octanol–water partition coefficient (Wildman–Crippen LogP) is 6.83. The van der Waals surface area contributed by atoms with E-state index in [2.05, 4.69) is 21.4 Å². The fourth-order valence-corrected chi connectivity index (χ4v) is 4.47. The lowest BCUT2D eigenvalue weighted by atomic mass is 9.76. The molecule has 29 heavy (non-hydrogen) atoms. The van der Waals surface area contributed by atoms with Crippen LogP contribution in [-0.4, -0.2) is 17.9 Å². The van der Waals surface area contributed by atoms with Crippen molar-refractivity contribution in [1.82, 2.24) is 4.98 Å². The van der Waals surface area contributed by atoms with Gasteiger partial charge in [-0.15, -0.1) is 0 Å². The third-order valence-electron chi connectivity index (χ3n) is 5.91. The third-order valence-corrected chi connectivity index (χ3v) is 6.16. The molecule has 1 saturated carbocycles. The van der Waals surface area contributed by atoms with Gasteiger partial charge in [0.25, 0.3) is 0 Å². The monoisotopic (exact) mass is 409 g/mol. The molecule has 0 radical (unpaired) electrons. The van der Waals surface area contributed by atoms with Crippen LogP contribution in [0.1, 0.15) is 43.6 Å². The molecule has 0 spiro atoms. The number of halogens is 2. The molecule has 0 saturated heterocycles. The summed E-state index contributed by atoms with van der Waals surface area (Å²) in [6.07, 6.45) is 7.30. The molecule has 1 aliphatic rings. The number of aromatic nitrogens is 1. The highest BCUT2D eigenvalue weighted by Gasteiger charge is 2.25. The first-order chi connectivity index (χ1) is 14.1. The van der Waals surface area contributed by atoms with Gasteiger partial charge < -0.3 is 5.32 Å². The lowest BCUT2D eigenvalue weighted by Crippen LogP contribution is -2.21. The second-order valence-electron chi connectivity index (χ2n) is 7.79. The van der Waals surface area contributed by atoms with Gasteiger partial charge in [0, 0.05) is 35.8 Å². The van der Waals surface area contributed by atoms with E-state index in [0.717, 1.165) is 59.6 Å². The minimum Gasteiger partial charge on any atom is -0.344 e. The fourth-order valence-electron chi connectivity index (χ4n) is 4.34. The molecule has 0 bridgehead atoms. The second-order valence-corrected chi connectivity index (χ2v) is 8.22. The smallest absolute Gasteiger partial charge is 0.123 e. The maximum Gasteiger partial charge on any atom is 0.123 e. The molecule has 0 amide bonds. The van der Waals surface area contributed by atoms with Crippen LogP contribution in [0, 0.1) is 11.7 Å². The average Bonchev–Trinajstić information content (AvgIpc) is 2.75. The van der Waals surface area contributed by atoms with Gasteiger partial charge in [0.2, 0.25) is 0 Å². The molecule has 4 rings (SSSR count). The zero-order valence-electron chi connectivity index (χ0n) is 16.5. The van der Waals surface area contributed by atoms with Gasteiger partial charge in [0.05, 0.1) is 5.52 Å². The van der Waals surface area contributed by atoms with Crippen LogP contribution in [0.5, 0.6) is 0 Å². The summed E-state index contributed by atoms with van der Waals surface area (Å²) in [7, 11) is 1.83. The largest absolute Gasteiger partial charge is 0.344 e. The van der Waals surface area contributed by atoms with E-state index in [1.54, 1.807) is 12.1 Å². The Hall–Kier alpha value is -2.46. The zero-order chi connectivity index (χ0) is 20.2. The van der Waals surface area contributed by atoms with Gasteiger partial charge in [-0.05, 0) is 91.6 Å². The first kappa shape index (κ1) is 19.8. The van der Waals surface area contributed by atoms with Crippen molar-refractivity contribution in [3.63, 3.8) is 0 Å². The Labute approximate surface area is 176 Å². The first-order valence-corrected chi connectivity index (χ1v) is 10.5. The summed E-state index contributed by atoms with van der Waals surface area (Å²) in [6, 6.07) is 14.6. The minimum absolute atomic E-state index is 0.197. The van der Waals surface area contributed by atoms with E-state index < -0.39 is 0 Å². The Morgan fingerprint density at radius 2 is 1.86 bits per heavy atom. The fraction of sp³-hybridized carbons (Fsp3) is 0.333. The van der Waals surface area contributed by atoms with Crippen molar-refractivity contribution in [2.24, 2.45) is 10.9 Å². The van der Waals surface area contributed by atoms with Gasteiger partial charge in [-0.2, -0.15) is 0 Å². The number of fused-ring (bicyclic) bond motifs is 1. The van der Waals surface area contributed by atoms with Crippen LogP contribution in [0.3, 0.4) is 0 Å². The van der Waals surface area contributed by atoms with Crippen molar-refractivity contribution in [3.8, 4) is 0 Å². The summed E-state index contributed by atoms with van der Waals surface area (Å²) >= 11 is 5.96. The minimum atomic E-state index is -0.197. The zero-order valence-corrected chi connectivity index (χ0v) is 17.3. The predicted molar refractivity (Wildman–Crippen MR) is 119 cm³/mol. The van der Waals surface area contributed by atoms with Gasteiger partial charge in [0.1, 0.15) is 11.7 Å². The van der Waals surface area contributed by atoms with E-state index in [-0.39, 0.29) is 5.82 Å². The number of nitrogens with one attached hydrogen (secondary N) is 1. The average molecular weight is 410 g/mol. The van der Waals surface area contributed by atoms with Crippen LogP contribution in [-0.2, 0) is 0 Å². The Bertz CT molecular complexity index is 1010. The molecule has 5 heteroatoms. The summed E-state index contributed by atoms with van der Waals surface area (Å²) in [4.78, 5) is 8.84. The Kier molecular flexibility index (Phi) is 6.10. The standard InChI is InChI=1S/C24H25ClFN3/c1-27-24(29-20-9-6-18(25)7-10-20)14-16-2-4-17(5-3-16)21-12-13-28-23-11-8-19(26)15-22(21)23/h6-13,15-17H,2-5,14H2,1H3,(H,27,29)/t16-,17-. The molecule has 2 aromatic carbocycles. The van der Waals surface area contributed by atoms with E-state index in [4.69, 9.17) is 11.6 Å². The molecule has 3 aromatic rings. The number of hydrogen-bond donors (Lipinski definition) is 1. The van der Waals surface area contributed by atoms with E-state index >= 15 is 0 Å². The van der Waals surface area contributed by atoms with Crippen molar-refractivity contribution < 1.29 is 4.39 Å². The van der Waals surface area contributed by atoms with Gasteiger partial charge in [0.15, 0.2) is 0 Å². The SMILES string of the molecule is C/N=C(/C[C@H]1CC[C@H](c2ccnc3ccc(F)cc32)CC1)Nc1ccc(Cl)cc1. The lowest BCUT2D eigenvalue weighted by Gasteiger charge is -2.30. The Balaban J connectivity index is 1.39. The van der Waals surface area contributed by atoms with Crippen molar-refractivity contribution >= 4 is 34.0 Å². The molecular formula is C24H25ClFN3. The Morgan fingerprint density at radius 1 is 1.10 bits per heavy atom.